The van der Waals surface area contributed by atoms with Crippen LogP contribution in [0.2, 0.25) is 0 Å². The van der Waals surface area contributed by atoms with Gasteiger partial charge in [-0.25, -0.2) is 0 Å². The van der Waals surface area contributed by atoms with Gasteiger partial charge in [-0.2, -0.15) is 0 Å². The van der Waals surface area contributed by atoms with E-state index in [2.05, 4.69) is 16.3 Å². The number of amides is 1. The third kappa shape index (κ3) is 4.24. The third-order valence-corrected chi connectivity index (χ3v) is 3.49. The normalized spacial score (nSPS) is 14.6. The number of carbonyl (C=O) groups is 1. The van der Waals surface area contributed by atoms with Gasteiger partial charge in [0.1, 0.15) is 0 Å². The fourth-order valence-electron chi connectivity index (χ4n) is 2.26. The second-order valence-corrected chi connectivity index (χ2v) is 5.10. The van der Waals surface area contributed by atoms with Gasteiger partial charge < -0.3 is 11.1 Å². The Kier molecular flexibility index (Phi) is 4.80. The van der Waals surface area contributed by atoms with Gasteiger partial charge in [0.2, 0.25) is 5.91 Å². The van der Waals surface area contributed by atoms with Gasteiger partial charge in [0.25, 0.3) is 0 Å². The number of para-hydroxylation sites is 1. The van der Waals surface area contributed by atoms with Crippen LogP contribution in [0.15, 0.2) is 24.3 Å². The van der Waals surface area contributed by atoms with E-state index in [1.54, 1.807) is 0 Å². The van der Waals surface area contributed by atoms with Crippen molar-refractivity contribution in [2.24, 2.45) is 0 Å². The summed E-state index contributed by atoms with van der Waals surface area (Å²) in [5.41, 5.74) is 7.98. The zero-order valence-electron chi connectivity index (χ0n) is 11.6. The van der Waals surface area contributed by atoms with Crippen molar-refractivity contribution in [1.29, 1.82) is 0 Å². The van der Waals surface area contributed by atoms with E-state index >= 15 is 0 Å². The highest BCUT2D eigenvalue weighted by atomic mass is 16.1. The van der Waals surface area contributed by atoms with Crippen molar-refractivity contribution in [1.82, 2.24) is 10.2 Å². The number of rotatable bonds is 7. The molecule has 2 rings (SSSR count). The number of nitrogen functional groups attached to an aromatic ring is 1. The molecule has 4 heteroatoms. The Morgan fingerprint density at radius 2 is 2.16 bits per heavy atom. The van der Waals surface area contributed by atoms with Crippen LogP contribution in [0, 0.1) is 0 Å². The van der Waals surface area contributed by atoms with E-state index in [0.717, 1.165) is 24.3 Å². The molecule has 1 aliphatic carbocycles. The number of carbonyl (C=O) groups excluding carboxylic acids is 1. The van der Waals surface area contributed by atoms with Crippen LogP contribution in [0.4, 0.5) is 5.69 Å². The molecule has 0 unspecified atom stereocenters. The molecule has 4 nitrogen and oxygen atoms in total. The smallest absolute Gasteiger partial charge is 0.221 e. The molecular formula is C15H23N3O. The van der Waals surface area contributed by atoms with E-state index in [1.807, 2.05) is 25.1 Å². The topological polar surface area (TPSA) is 58.4 Å². The Labute approximate surface area is 115 Å². The summed E-state index contributed by atoms with van der Waals surface area (Å²) in [6, 6.07) is 8.60. The molecule has 1 fully saturated rings. The molecule has 1 amide bonds. The van der Waals surface area contributed by atoms with Gasteiger partial charge in [-0.3, -0.25) is 9.69 Å². The van der Waals surface area contributed by atoms with Crippen LogP contribution < -0.4 is 11.1 Å². The molecule has 19 heavy (non-hydrogen) atoms. The predicted octanol–water partition coefficient (Wildman–Crippen LogP) is 1.76. The Balaban J connectivity index is 1.90. The first-order valence-electron chi connectivity index (χ1n) is 7.05. The molecule has 0 bridgehead atoms. The van der Waals surface area contributed by atoms with Crippen LogP contribution in [-0.4, -0.2) is 29.9 Å². The highest BCUT2D eigenvalue weighted by Gasteiger charge is 2.29. The summed E-state index contributed by atoms with van der Waals surface area (Å²) in [5, 5.41) is 2.85. The lowest BCUT2D eigenvalue weighted by Gasteiger charge is -2.22. The lowest BCUT2D eigenvalue weighted by atomic mass is 10.1. The minimum atomic E-state index is 0.134. The number of benzene rings is 1. The molecule has 0 aromatic heterocycles. The Bertz CT molecular complexity index is 429. The maximum atomic E-state index is 11.5. The molecule has 1 aromatic rings. The van der Waals surface area contributed by atoms with Crippen molar-refractivity contribution < 1.29 is 4.79 Å². The lowest BCUT2D eigenvalue weighted by molar-refractivity contribution is -0.121. The second kappa shape index (κ2) is 6.57. The highest BCUT2D eigenvalue weighted by Crippen LogP contribution is 2.29. The van der Waals surface area contributed by atoms with Crippen molar-refractivity contribution in [3.8, 4) is 0 Å². The molecule has 0 aliphatic heterocycles. The maximum absolute atomic E-state index is 11.5. The lowest BCUT2D eigenvalue weighted by Crippen LogP contribution is -2.32. The van der Waals surface area contributed by atoms with Crippen molar-refractivity contribution in [3.63, 3.8) is 0 Å². The summed E-state index contributed by atoms with van der Waals surface area (Å²) in [7, 11) is 0. The first-order valence-corrected chi connectivity index (χ1v) is 7.05. The van der Waals surface area contributed by atoms with Crippen LogP contribution in [0.25, 0.3) is 0 Å². The van der Waals surface area contributed by atoms with Gasteiger partial charge in [-0.05, 0) is 31.4 Å². The third-order valence-electron chi connectivity index (χ3n) is 3.49. The number of anilines is 1. The summed E-state index contributed by atoms with van der Waals surface area (Å²) in [5.74, 6) is 0.134. The second-order valence-electron chi connectivity index (χ2n) is 5.10. The van der Waals surface area contributed by atoms with E-state index in [9.17, 15) is 4.79 Å². The first-order chi connectivity index (χ1) is 9.20. The fourth-order valence-corrected chi connectivity index (χ4v) is 2.26. The van der Waals surface area contributed by atoms with Crippen molar-refractivity contribution in [3.05, 3.63) is 29.8 Å². The zero-order chi connectivity index (χ0) is 13.7. The molecule has 0 atom stereocenters. The number of nitrogens with zero attached hydrogens (tertiary/aromatic N) is 1. The molecule has 1 aliphatic rings. The molecule has 0 spiro atoms. The van der Waals surface area contributed by atoms with Gasteiger partial charge >= 0.3 is 0 Å². The summed E-state index contributed by atoms with van der Waals surface area (Å²) in [6.45, 7) is 4.30. The maximum Gasteiger partial charge on any atom is 0.221 e. The number of nitrogens with one attached hydrogen (secondary N) is 1. The molecule has 1 aromatic carbocycles. The van der Waals surface area contributed by atoms with Gasteiger partial charge in [-0.15, -0.1) is 0 Å². The van der Waals surface area contributed by atoms with Gasteiger partial charge in [-0.1, -0.05) is 18.2 Å². The van der Waals surface area contributed by atoms with Crippen LogP contribution in [0.1, 0.15) is 31.7 Å². The van der Waals surface area contributed by atoms with Crippen molar-refractivity contribution in [2.75, 3.05) is 18.8 Å². The number of nitrogens with two attached hydrogens (primary N) is 1. The van der Waals surface area contributed by atoms with Gasteiger partial charge in [0.05, 0.1) is 0 Å². The molecule has 0 radical (unpaired) electrons. The quantitative estimate of drug-likeness (QED) is 0.735. The van der Waals surface area contributed by atoms with Crippen LogP contribution in [-0.2, 0) is 11.3 Å². The standard InChI is InChI=1S/C15H23N3O/c1-2-17-15(19)9-10-18(13-7-8-13)11-12-5-3-4-6-14(12)16/h3-6,13H,2,7-11,16H2,1H3,(H,17,19). The Morgan fingerprint density at radius 3 is 2.79 bits per heavy atom. The van der Waals surface area contributed by atoms with Crippen molar-refractivity contribution in [2.45, 2.75) is 38.8 Å². The minimum absolute atomic E-state index is 0.134. The SMILES string of the molecule is CCNC(=O)CCN(Cc1ccccc1N)C1CC1. The largest absolute Gasteiger partial charge is 0.398 e. The van der Waals surface area contributed by atoms with E-state index in [1.165, 1.54) is 12.8 Å². The zero-order valence-corrected chi connectivity index (χ0v) is 11.6. The van der Waals surface area contributed by atoms with Gasteiger partial charge in [0, 0.05) is 37.8 Å². The Hall–Kier alpha value is -1.55. The molecule has 0 saturated heterocycles. The van der Waals surface area contributed by atoms with Gasteiger partial charge in [0.15, 0.2) is 0 Å². The number of hydrogen-bond donors (Lipinski definition) is 2. The molecule has 1 saturated carbocycles. The average Bonchev–Trinajstić information content (AvgIpc) is 3.21. The number of hydrogen-bond acceptors (Lipinski definition) is 3. The summed E-state index contributed by atoms with van der Waals surface area (Å²) in [4.78, 5) is 13.9. The summed E-state index contributed by atoms with van der Waals surface area (Å²) in [6.07, 6.45) is 3.04. The van der Waals surface area contributed by atoms with E-state index in [4.69, 9.17) is 5.73 Å². The van der Waals surface area contributed by atoms with Crippen LogP contribution >= 0.6 is 0 Å². The summed E-state index contributed by atoms with van der Waals surface area (Å²) < 4.78 is 0. The Morgan fingerprint density at radius 1 is 1.42 bits per heavy atom. The predicted molar refractivity (Wildman–Crippen MR) is 77.6 cm³/mol. The molecule has 0 heterocycles. The van der Waals surface area contributed by atoms with Crippen LogP contribution in [0.3, 0.4) is 0 Å². The van der Waals surface area contributed by atoms with E-state index in [0.29, 0.717) is 19.0 Å². The highest BCUT2D eigenvalue weighted by molar-refractivity contribution is 5.75. The van der Waals surface area contributed by atoms with E-state index in [-0.39, 0.29) is 5.91 Å². The monoisotopic (exact) mass is 261 g/mol. The first kappa shape index (κ1) is 13.9. The molecule has 3 N–H and O–H groups in total. The average molecular weight is 261 g/mol. The van der Waals surface area contributed by atoms with Crippen molar-refractivity contribution >= 4 is 11.6 Å². The minimum Gasteiger partial charge on any atom is -0.398 e. The fraction of sp³-hybridized carbons (Fsp3) is 0.533. The van der Waals surface area contributed by atoms with E-state index < -0.39 is 0 Å². The molecular weight excluding hydrogens is 238 g/mol. The van der Waals surface area contributed by atoms with Crippen LogP contribution in [0.5, 0.6) is 0 Å². The summed E-state index contributed by atoms with van der Waals surface area (Å²) >= 11 is 0. The molecule has 104 valence electrons.